The average molecular weight is 309 g/mol. The van der Waals surface area contributed by atoms with Gasteiger partial charge in [0, 0.05) is 17.1 Å². The van der Waals surface area contributed by atoms with E-state index < -0.39 is 29.9 Å². The first-order chi connectivity index (χ1) is 9.62. The number of alkyl halides is 6. The highest BCUT2D eigenvalue weighted by Gasteiger charge is 2.60. The van der Waals surface area contributed by atoms with Crippen LogP contribution in [0.1, 0.15) is 11.7 Å². The molecule has 0 aliphatic rings. The molecule has 1 heterocycles. The molecule has 1 aromatic carbocycles. The van der Waals surface area contributed by atoms with Gasteiger partial charge in [-0.05, 0) is 6.07 Å². The topological polar surface area (TPSA) is 33.1 Å². The summed E-state index contributed by atoms with van der Waals surface area (Å²) in [6.45, 7) is 0. The van der Waals surface area contributed by atoms with E-state index in [1.165, 1.54) is 30.5 Å². The van der Waals surface area contributed by atoms with Gasteiger partial charge < -0.3 is 5.11 Å². The zero-order valence-corrected chi connectivity index (χ0v) is 10.3. The van der Waals surface area contributed by atoms with Crippen molar-refractivity contribution in [3.05, 3.63) is 42.1 Å². The van der Waals surface area contributed by atoms with E-state index >= 15 is 0 Å². The van der Waals surface area contributed by atoms with E-state index in [2.05, 4.69) is 4.98 Å². The summed E-state index contributed by atoms with van der Waals surface area (Å²) in [5, 5.41) is 10.0. The lowest BCUT2D eigenvalue weighted by Gasteiger charge is -2.27. The van der Waals surface area contributed by atoms with Crippen molar-refractivity contribution in [3.63, 3.8) is 0 Å². The first-order valence-electron chi connectivity index (χ1n) is 5.77. The molecule has 0 fully saturated rings. The number of hydrogen-bond acceptors (Lipinski definition) is 2. The van der Waals surface area contributed by atoms with E-state index in [0.717, 1.165) is 6.07 Å². The SMILES string of the molecule is OC(c1cccc2cccnc12)C(C(F)(F)F)C(F)(F)F. The summed E-state index contributed by atoms with van der Waals surface area (Å²) in [5.41, 5.74) is -0.598. The van der Waals surface area contributed by atoms with E-state index in [1.54, 1.807) is 0 Å². The Balaban J connectivity index is 2.57. The second-order valence-electron chi connectivity index (χ2n) is 4.43. The monoisotopic (exact) mass is 309 g/mol. The Kier molecular flexibility index (Phi) is 3.83. The molecule has 2 rings (SSSR count). The van der Waals surface area contributed by atoms with Crippen LogP contribution in [-0.4, -0.2) is 22.4 Å². The normalized spacial score (nSPS) is 14.7. The Morgan fingerprint density at radius 2 is 1.48 bits per heavy atom. The molecule has 0 bridgehead atoms. The Labute approximate surface area is 115 Å². The fourth-order valence-corrected chi connectivity index (χ4v) is 2.09. The third-order valence-electron chi connectivity index (χ3n) is 3.00. The van der Waals surface area contributed by atoms with Crippen LogP contribution < -0.4 is 0 Å². The van der Waals surface area contributed by atoms with Gasteiger partial charge in [-0.25, -0.2) is 0 Å². The summed E-state index contributed by atoms with van der Waals surface area (Å²) in [4.78, 5) is 3.75. The number of rotatable bonds is 2. The first kappa shape index (κ1) is 15.6. The van der Waals surface area contributed by atoms with Gasteiger partial charge in [-0.3, -0.25) is 4.98 Å². The molecular formula is C13H9F6NO. The van der Waals surface area contributed by atoms with Gasteiger partial charge in [0.25, 0.3) is 0 Å². The number of aliphatic hydroxyl groups is 1. The number of aliphatic hydroxyl groups excluding tert-OH is 1. The Hall–Kier alpha value is -1.83. The van der Waals surface area contributed by atoms with E-state index in [-0.39, 0.29) is 5.52 Å². The highest BCUT2D eigenvalue weighted by Crippen LogP contribution is 2.47. The predicted octanol–water partition coefficient (Wildman–Crippen LogP) is 4.01. The van der Waals surface area contributed by atoms with Gasteiger partial charge in [0.1, 0.15) is 6.10 Å². The fourth-order valence-electron chi connectivity index (χ4n) is 2.09. The summed E-state index contributed by atoms with van der Waals surface area (Å²) in [5.74, 6) is -3.86. The summed E-state index contributed by atoms with van der Waals surface area (Å²) in [7, 11) is 0. The minimum absolute atomic E-state index is 0.0917. The molecule has 0 amide bonds. The molecule has 0 spiro atoms. The van der Waals surface area contributed by atoms with E-state index in [4.69, 9.17) is 0 Å². The number of aromatic nitrogens is 1. The molecule has 0 saturated heterocycles. The van der Waals surface area contributed by atoms with E-state index in [1.807, 2.05) is 0 Å². The molecule has 2 nitrogen and oxygen atoms in total. The molecule has 1 N–H and O–H groups in total. The molecule has 114 valence electrons. The minimum atomic E-state index is -5.62. The maximum Gasteiger partial charge on any atom is 0.403 e. The lowest BCUT2D eigenvalue weighted by molar-refractivity contribution is -0.307. The lowest BCUT2D eigenvalue weighted by atomic mass is 9.93. The lowest BCUT2D eigenvalue weighted by Crippen LogP contribution is -2.41. The van der Waals surface area contributed by atoms with Gasteiger partial charge in [0.2, 0.25) is 0 Å². The number of hydrogen-bond donors (Lipinski definition) is 1. The molecule has 0 saturated carbocycles. The Morgan fingerprint density at radius 1 is 0.905 bits per heavy atom. The molecule has 2 aromatic rings. The third kappa shape index (κ3) is 3.10. The summed E-state index contributed by atoms with van der Waals surface area (Å²) in [6.07, 6.45) is -12.8. The van der Waals surface area contributed by atoms with Crippen LogP contribution in [0.2, 0.25) is 0 Å². The van der Waals surface area contributed by atoms with Crippen molar-refractivity contribution in [3.8, 4) is 0 Å². The molecule has 8 heteroatoms. The van der Waals surface area contributed by atoms with Gasteiger partial charge in [0.05, 0.1) is 5.52 Å². The molecule has 1 aromatic heterocycles. The first-order valence-corrected chi connectivity index (χ1v) is 5.77. The number of fused-ring (bicyclic) bond motifs is 1. The zero-order valence-electron chi connectivity index (χ0n) is 10.3. The molecule has 1 unspecified atom stereocenters. The van der Waals surface area contributed by atoms with Crippen molar-refractivity contribution in [1.82, 2.24) is 4.98 Å². The van der Waals surface area contributed by atoms with Crippen molar-refractivity contribution in [2.45, 2.75) is 18.5 Å². The van der Waals surface area contributed by atoms with E-state index in [9.17, 15) is 31.4 Å². The van der Waals surface area contributed by atoms with Crippen LogP contribution in [0.3, 0.4) is 0 Å². The third-order valence-corrected chi connectivity index (χ3v) is 3.00. The number of benzene rings is 1. The van der Waals surface area contributed by atoms with Crippen molar-refractivity contribution >= 4 is 10.9 Å². The molecule has 0 aliphatic carbocycles. The predicted molar refractivity (Wildman–Crippen MR) is 62.3 cm³/mol. The van der Waals surface area contributed by atoms with Crippen LogP contribution in [0.5, 0.6) is 0 Å². The van der Waals surface area contributed by atoms with Gasteiger partial charge in [-0.2, -0.15) is 26.3 Å². The van der Waals surface area contributed by atoms with E-state index in [0.29, 0.717) is 5.39 Å². The van der Waals surface area contributed by atoms with Crippen LogP contribution in [0.15, 0.2) is 36.5 Å². The van der Waals surface area contributed by atoms with Crippen molar-refractivity contribution < 1.29 is 31.4 Å². The molecule has 0 aliphatic heterocycles. The van der Waals surface area contributed by atoms with Gasteiger partial charge >= 0.3 is 12.4 Å². The zero-order chi connectivity index (χ0) is 15.8. The molecule has 21 heavy (non-hydrogen) atoms. The fraction of sp³-hybridized carbons (Fsp3) is 0.308. The largest absolute Gasteiger partial charge is 0.403 e. The van der Waals surface area contributed by atoms with Gasteiger partial charge in [0.15, 0.2) is 5.92 Å². The number of nitrogens with zero attached hydrogens (tertiary/aromatic N) is 1. The molecular weight excluding hydrogens is 300 g/mol. The minimum Gasteiger partial charge on any atom is -0.387 e. The van der Waals surface area contributed by atoms with Gasteiger partial charge in [-0.1, -0.05) is 24.3 Å². The van der Waals surface area contributed by atoms with Crippen molar-refractivity contribution in [2.75, 3.05) is 0 Å². The Morgan fingerprint density at radius 3 is 2.05 bits per heavy atom. The smallest absolute Gasteiger partial charge is 0.387 e. The summed E-state index contributed by atoms with van der Waals surface area (Å²) in [6, 6.07) is 6.73. The quantitative estimate of drug-likeness (QED) is 0.850. The molecule has 1 atom stereocenters. The average Bonchev–Trinajstić information content (AvgIpc) is 2.34. The summed E-state index contributed by atoms with van der Waals surface area (Å²) >= 11 is 0. The summed E-state index contributed by atoms with van der Waals surface area (Å²) < 4.78 is 75.9. The maximum absolute atomic E-state index is 12.7. The maximum atomic E-state index is 12.7. The van der Waals surface area contributed by atoms with Crippen LogP contribution >= 0.6 is 0 Å². The van der Waals surface area contributed by atoms with Gasteiger partial charge in [-0.15, -0.1) is 0 Å². The Bertz CT molecular complexity index is 617. The second kappa shape index (κ2) is 5.18. The molecule has 0 radical (unpaired) electrons. The van der Waals surface area contributed by atoms with Crippen molar-refractivity contribution in [2.24, 2.45) is 5.92 Å². The van der Waals surface area contributed by atoms with Crippen LogP contribution in [0, 0.1) is 5.92 Å². The van der Waals surface area contributed by atoms with Crippen LogP contribution in [-0.2, 0) is 0 Å². The van der Waals surface area contributed by atoms with Crippen LogP contribution in [0.25, 0.3) is 10.9 Å². The number of pyridine rings is 1. The standard InChI is InChI=1S/C13H9F6NO/c14-12(15,16)11(13(17,18)19)10(21)8-5-1-3-7-4-2-6-20-9(7)8/h1-6,10-11,21H. The number of para-hydroxylation sites is 1. The van der Waals surface area contributed by atoms with Crippen LogP contribution in [0.4, 0.5) is 26.3 Å². The number of halogens is 6. The highest BCUT2D eigenvalue weighted by atomic mass is 19.4. The highest BCUT2D eigenvalue weighted by molar-refractivity contribution is 5.81. The second-order valence-corrected chi connectivity index (χ2v) is 4.43. The van der Waals surface area contributed by atoms with Crippen molar-refractivity contribution in [1.29, 1.82) is 0 Å².